The first-order valence-corrected chi connectivity index (χ1v) is 6.20. The van der Waals surface area contributed by atoms with Crippen molar-refractivity contribution in [3.05, 3.63) is 29.3 Å². The van der Waals surface area contributed by atoms with Crippen LogP contribution in [-0.2, 0) is 9.53 Å². The van der Waals surface area contributed by atoms with Gasteiger partial charge in [0, 0.05) is 18.8 Å². The summed E-state index contributed by atoms with van der Waals surface area (Å²) in [5.41, 5.74) is 2.93. The molecule has 0 spiro atoms. The van der Waals surface area contributed by atoms with Crippen LogP contribution >= 0.6 is 0 Å². The van der Waals surface area contributed by atoms with Gasteiger partial charge in [0.25, 0.3) is 0 Å². The molecular formula is C14H20N2O2. The molecule has 1 amide bonds. The molecule has 1 aromatic carbocycles. The SMILES string of the molecule is Cc1cc(C)cc(NC(=O)COC2(C)CNC2)c1. The highest BCUT2D eigenvalue weighted by molar-refractivity contribution is 5.91. The van der Waals surface area contributed by atoms with Crippen LogP contribution in [0.3, 0.4) is 0 Å². The van der Waals surface area contributed by atoms with Gasteiger partial charge in [-0.2, -0.15) is 0 Å². The van der Waals surface area contributed by atoms with Gasteiger partial charge in [-0.15, -0.1) is 0 Å². The summed E-state index contributed by atoms with van der Waals surface area (Å²) in [6, 6.07) is 5.99. The Morgan fingerprint density at radius 2 is 1.94 bits per heavy atom. The average molecular weight is 248 g/mol. The number of aryl methyl sites for hydroxylation is 2. The van der Waals surface area contributed by atoms with Crippen molar-refractivity contribution < 1.29 is 9.53 Å². The third-order valence-corrected chi connectivity index (χ3v) is 3.06. The quantitative estimate of drug-likeness (QED) is 0.851. The van der Waals surface area contributed by atoms with Gasteiger partial charge in [-0.1, -0.05) is 6.07 Å². The van der Waals surface area contributed by atoms with E-state index in [-0.39, 0.29) is 18.1 Å². The summed E-state index contributed by atoms with van der Waals surface area (Å²) in [7, 11) is 0. The molecule has 4 heteroatoms. The van der Waals surface area contributed by atoms with Gasteiger partial charge >= 0.3 is 0 Å². The van der Waals surface area contributed by atoms with Gasteiger partial charge in [0.05, 0.1) is 5.60 Å². The van der Waals surface area contributed by atoms with Crippen molar-refractivity contribution in [3.63, 3.8) is 0 Å². The molecule has 0 unspecified atom stereocenters. The minimum absolute atomic E-state index is 0.102. The predicted octanol–water partition coefficient (Wildman–Crippen LogP) is 1.62. The second-order valence-corrected chi connectivity index (χ2v) is 5.27. The molecule has 1 fully saturated rings. The molecule has 4 nitrogen and oxygen atoms in total. The first kappa shape index (κ1) is 13.1. The van der Waals surface area contributed by atoms with Crippen LogP contribution in [-0.4, -0.2) is 31.2 Å². The Labute approximate surface area is 108 Å². The molecule has 1 aliphatic rings. The van der Waals surface area contributed by atoms with Crippen molar-refractivity contribution in [2.75, 3.05) is 25.0 Å². The lowest BCUT2D eigenvalue weighted by Gasteiger charge is -2.38. The number of nitrogens with one attached hydrogen (secondary N) is 2. The van der Waals surface area contributed by atoms with E-state index in [1.165, 1.54) is 0 Å². The Hall–Kier alpha value is -1.39. The monoisotopic (exact) mass is 248 g/mol. The normalized spacial score (nSPS) is 17.1. The minimum atomic E-state index is -0.181. The third-order valence-electron chi connectivity index (χ3n) is 3.06. The van der Waals surface area contributed by atoms with E-state index < -0.39 is 0 Å². The Bertz CT molecular complexity index is 433. The zero-order valence-corrected chi connectivity index (χ0v) is 11.2. The van der Waals surface area contributed by atoms with E-state index in [9.17, 15) is 4.79 Å². The summed E-state index contributed by atoms with van der Waals surface area (Å²) in [5, 5.41) is 5.99. The van der Waals surface area contributed by atoms with Crippen LogP contribution in [0.2, 0.25) is 0 Å². The Morgan fingerprint density at radius 3 is 2.44 bits per heavy atom. The molecule has 0 aliphatic carbocycles. The highest BCUT2D eigenvalue weighted by atomic mass is 16.5. The molecule has 2 rings (SSSR count). The standard InChI is InChI=1S/C14H20N2O2/c1-10-4-11(2)6-12(5-10)16-13(17)7-18-14(3)8-15-9-14/h4-6,15H,7-9H2,1-3H3,(H,16,17). The molecule has 98 valence electrons. The summed E-state index contributed by atoms with van der Waals surface area (Å²) < 4.78 is 5.59. The van der Waals surface area contributed by atoms with E-state index in [2.05, 4.69) is 16.7 Å². The number of carbonyl (C=O) groups is 1. The van der Waals surface area contributed by atoms with Gasteiger partial charge in [-0.05, 0) is 44.0 Å². The number of hydrogen-bond donors (Lipinski definition) is 2. The van der Waals surface area contributed by atoms with Crippen molar-refractivity contribution in [1.29, 1.82) is 0 Å². The van der Waals surface area contributed by atoms with Crippen molar-refractivity contribution in [2.24, 2.45) is 0 Å². The molecule has 0 atom stereocenters. The average Bonchev–Trinajstić information content (AvgIpc) is 2.22. The molecule has 1 saturated heterocycles. The maximum atomic E-state index is 11.8. The zero-order valence-electron chi connectivity index (χ0n) is 11.2. The lowest BCUT2D eigenvalue weighted by atomic mass is 10.0. The smallest absolute Gasteiger partial charge is 0.250 e. The van der Waals surface area contributed by atoms with Crippen molar-refractivity contribution in [2.45, 2.75) is 26.4 Å². The molecular weight excluding hydrogens is 228 g/mol. The van der Waals surface area contributed by atoms with Gasteiger partial charge in [0.15, 0.2) is 0 Å². The van der Waals surface area contributed by atoms with Crippen LogP contribution in [0.5, 0.6) is 0 Å². The predicted molar refractivity (Wildman–Crippen MR) is 71.8 cm³/mol. The van der Waals surface area contributed by atoms with E-state index in [0.717, 1.165) is 29.9 Å². The number of hydrogen-bond acceptors (Lipinski definition) is 3. The lowest BCUT2D eigenvalue weighted by Crippen LogP contribution is -2.59. The van der Waals surface area contributed by atoms with Crippen LogP contribution in [0.25, 0.3) is 0 Å². The maximum absolute atomic E-state index is 11.8. The molecule has 0 aromatic heterocycles. The van der Waals surface area contributed by atoms with Crippen molar-refractivity contribution in [1.82, 2.24) is 5.32 Å². The number of rotatable bonds is 4. The molecule has 1 aliphatic heterocycles. The lowest BCUT2D eigenvalue weighted by molar-refractivity contribution is -0.130. The molecule has 18 heavy (non-hydrogen) atoms. The highest BCUT2D eigenvalue weighted by Crippen LogP contribution is 2.16. The van der Waals surface area contributed by atoms with Crippen LogP contribution < -0.4 is 10.6 Å². The minimum Gasteiger partial charge on any atom is -0.363 e. The summed E-state index contributed by atoms with van der Waals surface area (Å²) in [6.45, 7) is 7.76. The van der Waals surface area contributed by atoms with Crippen LogP contribution in [0.15, 0.2) is 18.2 Å². The number of amides is 1. The van der Waals surface area contributed by atoms with E-state index in [4.69, 9.17) is 4.74 Å². The molecule has 0 bridgehead atoms. The summed E-state index contributed by atoms with van der Waals surface area (Å²) in [6.07, 6.45) is 0. The Balaban J connectivity index is 1.86. The summed E-state index contributed by atoms with van der Waals surface area (Å²) in [4.78, 5) is 11.8. The number of benzene rings is 1. The van der Waals surface area contributed by atoms with Gasteiger partial charge in [0.2, 0.25) is 5.91 Å². The molecule has 1 aromatic rings. The zero-order chi connectivity index (χ0) is 13.2. The molecule has 0 saturated carbocycles. The van der Waals surface area contributed by atoms with Crippen molar-refractivity contribution >= 4 is 11.6 Å². The van der Waals surface area contributed by atoms with Gasteiger partial charge < -0.3 is 15.4 Å². The highest BCUT2D eigenvalue weighted by Gasteiger charge is 2.32. The second kappa shape index (κ2) is 5.08. The van der Waals surface area contributed by atoms with E-state index in [0.29, 0.717) is 0 Å². The van der Waals surface area contributed by atoms with Crippen LogP contribution in [0, 0.1) is 13.8 Å². The van der Waals surface area contributed by atoms with E-state index in [1.54, 1.807) is 0 Å². The maximum Gasteiger partial charge on any atom is 0.250 e. The van der Waals surface area contributed by atoms with Gasteiger partial charge in [-0.3, -0.25) is 4.79 Å². The Kier molecular flexibility index (Phi) is 3.68. The fourth-order valence-electron chi connectivity index (χ4n) is 2.06. The van der Waals surface area contributed by atoms with Crippen LogP contribution in [0.1, 0.15) is 18.1 Å². The molecule has 1 heterocycles. The van der Waals surface area contributed by atoms with Gasteiger partial charge in [0.1, 0.15) is 6.61 Å². The van der Waals surface area contributed by atoms with Crippen molar-refractivity contribution in [3.8, 4) is 0 Å². The van der Waals surface area contributed by atoms with E-state index >= 15 is 0 Å². The number of carbonyl (C=O) groups excluding carboxylic acids is 1. The largest absolute Gasteiger partial charge is 0.363 e. The van der Waals surface area contributed by atoms with Gasteiger partial charge in [-0.25, -0.2) is 0 Å². The third kappa shape index (κ3) is 3.31. The summed E-state index contributed by atoms with van der Waals surface area (Å²) >= 11 is 0. The fraction of sp³-hybridized carbons (Fsp3) is 0.500. The molecule has 0 radical (unpaired) electrons. The Morgan fingerprint density at radius 1 is 1.33 bits per heavy atom. The number of anilines is 1. The summed E-state index contributed by atoms with van der Waals surface area (Å²) in [5.74, 6) is -0.104. The second-order valence-electron chi connectivity index (χ2n) is 5.27. The number of ether oxygens (including phenoxy) is 1. The first-order valence-electron chi connectivity index (χ1n) is 6.20. The van der Waals surface area contributed by atoms with Crippen LogP contribution in [0.4, 0.5) is 5.69 Å². The fourth-order valence-corrected chi connectivity index (χ4v) is 2.06. The van der Waals surface area contributed by atoms with E-state index in [1.807, 2.05) is 32.9 Å². The first-order chi connectivity index (χ1) is 8.47. The topological polar surface area (TPSA) is 50.4 Å². The molecule has 2 N–H and O–H groups in total.